The van der Waals surface area contributed by atoms with E-state index in [0.717, 1.165) is 43.5 Å². The molecule has 1 nitrogen and oxygen atoms in total. The Morgan fingerprint density at radius 1 is 0.963 bits per heavy atom. The van der Waals surface area contributed by atoms with Crippen LogP contribution in [-0.4, -0.2) is 6.61 Å². The molecule has 2 atom stereocenters. The van der Waals surface area contributed by atoms with Crippen LogP contribution < -0.4 is 4.74 Å². The van der Waals surface area contributed by atoms with Gasteiger partial charge in [0.2, 0.25) is 0 Å². The lowest BCUT2D eigenvalue weighted by Gasteiger charge is -2.47. The molecule has 1 aliphatic carbocycles. The molecule has 7 heteroatoms. The molecule has 144 valence electrons. The van der Waals surface area contributed by atoms with E-state index in [1.165, 1.54) is 23.9 Å². The summed E-state index contributed by atoms with van der Waals surface area (Å²) in [6, 6.07) is 7.01. The summed E-state index contributed by atoms with van der Waals surface area (Å²) in [6.07, 6.45) is -1.16. The molecule has 2 aromatic carbocycles. The summed E-state index contributed by atoms with van der Waals surface area (Å²) in [5.74, 6) is -1.23. The second kappa shape index (κ2) is 6.69. The molecule has 27 heavy (non-hydrogen) atoms. The van der Waals surface area contributed by atoms with Crippen LogP contribution in [0.5, 0.6) is 5.75 Å². The van der Waals surface area contributed by atoms with E-state index in [-0.39, 0.29) is 23.8 Å². The standard InChI is InChI=1S/C20H17F5OS/c21-15-8-9-16(22)18-17(15)19(10-2-1-3-13(19)11-26-18)27-14-6-4-12(5-7-14)20(23,24)25/h4-9,13H,1-3,10-11H2/t13?,19-/m0/s1. The number of hydrogen-bond acceptors (Lipinski definition) is 2. The van der Waals surface area contributed by atoms with Gasteiger partial charge in [-0.2, -0.15) is 13.2 Å². The highest BCUT2D eigenvalue weighted by Gasteiger charge is 2.50. The largest absolute Gasteiger partial charge is 0.490 e. The molecule has 1 unspecified atom stereocenters. The Hall–Kier alpha value is -1.76. The molecule has 1 saturated carbocycles. The average molecular weight is 400 g/mol. The fourth-order valence-corrected chi connectivity index (χ4v) is 5.71. The van der Waals surface area contributed by atoms with Crippen LogP contribution in [0.15, 0.2) is 41.3 Å². The van der Waals surface area contributed by atoms with Gasteiger partial charge in [0.1, 0.15) is 5.82 Å². The fraction of sp³-hybridized carbons (Fsp3) is 0.400. The van der Waals surface area contributed by atoms with Gasteiger partial charge in [-0.1, -0.05) is 12.8 Å². The third kappa shape index (κ3) is 3.20. The van der Waals surface area contributed by atoms with Crippen molar-refractivity contribution in [3.63, 3.8) is 0 Å². The van der Waals surface area contributed by atoms with Crippen molar-refractivity contribution in [1.29, 1.82) is 0 Å². The second-order valence-electron chi connectivity index (χ2n) is 7.00. The van der Waals surface area contributed by atoms with Crippen molar-refractivity contribution in [2.75, 3.05) is 6.61 Å². The number of alkyl halides is 3. The summed E-state index contributed by atoms with van der Waals surface area (Å²) >= 11 is 1.33. The lowest BCUT2D eigenvalue weighted by molar-refractivity contribution is -0.137. The van der Waals surface area contributed by atoms with Crippen LogP contribution in [0.25, 0.3) is 0 Å². The zero-order valence-corrected chi connectivity index (χ0v) is 15.1. The molecule has 0 bridgehead atoms. The molecule has 2 aromatic rings. The monoisotopic (exact) mass is 400 g/mol. The van der Waals surface area contributed by atoms with Gasteiger partial charge in [0.15, 0.2) is 11.6 Å². The fourth-order valence-electron chi connectivity index (χ4n) is 4.12. The topological polar surface area (TPSA) is 9.23 Å². The Balaban J connectivity index is 1.78. The Labute approximate surface area is 157 Å². The van der Waals surface area contributed by atoms with E-state index in [4.69, 9.17) is 4.74 Å². The lowest BCUT2D eigenvalue weighted by atomic mass is 9.73. The number of fused-ring (bicyclic) bond motifs is 3. The van der Waals surface area contributed by atoms with E-state index in [1.807, 2.05) is 0 Å². The predicted octanol–water partition coefficient (Wildman–Crippen LogP) is 6.55. The Bertz CT molecular complexity index is 849. The van der Waals surface area contributed by atoms with E-state index in [1.54, 1.807) is 0 Å². The molecular formula is C20H17F5OS. The van der Waals surface area contributed by atoms with Crippen molar-refractivity contribution >= 4 is 11.8 Å². The van der Waals surface area contributed by atoms with Crippen molar-refractivity contribution in [1.82, 2.24) is 0 Å². The van der Waals surface area contributed by atoms with Gasteiger partial charge in [-0.05, 0) is 49.2 Å². The SMILES string of the molecule is Fc1ccc(F)c2c1OCC1CCCC[C@@]21Sc1ccc(C(F)(F)F)cc1. The molecule has 1 fully saturated rings. The van der Waals surface area contributed by atoms with Crippen LogP contribution in [0.3, 0.4) is 0 Å². The van der Waals surface area contributed by atoms with E-state index in [0.29, 0.717) is 11.3 Å². The minimum absolute atomic E-state index is 0.0256. The first kappa shape index (κ1) is 18.6. The third-order valence-corrected chi connectivity index (χ3v) is 7.02. The quantitative estimate of drug-likeness (QED) is 0.529. The molecule has 0 radical (unpaired) electrons. The van der Waals surface area contributed by atoms with Crippen molar-refractivity contribution in [2.45, 2.75) is 41.5 Å². The molecule has 0 amide bonds. The maximum Gasteiger partial charge on any atom is 0.416 e. The van der Waals surface area contributed by atoms with Crippen molar-refractivity contribution in [3.05, 3.63) is 59.2 Å². The molecule has 0 aromatic heterocycles. The van der Waals surface area contributed by atoms with Gasteiger partial charge in [0.05, 0.1) is 16.9 Å². The number of ether oxygens (including phenoxy) is 1. The zero-order valence-electron chi connectivity index (χ0n) is 14.3. The molecule has 4 rings (SSSR count). The lowest BCUT2D eigenvalue weighted by Crippen LogP contribution is -2.43. The Morgan fingerprint density at radius 3 is 2.37 bits per heavy atom. The summed E-state index contributed by atoms with van der Waals surface area (Å²) in [4.78, 5) is 0.603. The first-order chi connectivity index (χ1) is 12.8. The summed E-state index contributed by atoms with van der Waals surface area (Å²) in [5.41, 5.74) is -0.516. The molecule has 0 spiro atoms. The summed E-state index contributed by atoms with van der Waals surface area (Å²) in [5, 5.41) is 0. The van der Waals surface area contributed by atoms with Crippen LogP contribution in [-0.2, 0) is 10.9 Å². The van der Waals surface area contributed by atoms with Crippen molar-refractivity contribution in [2.24, 2.45) is 5.92 Å². The molecule has 0 N–H and O–H groups in total. The summed E-state index contributed by atoms with van der Waals surface area (Å²) in [6.45, 7) is 0.279. The van der Waals surface area contributed by atoms with Crippen LogP contribution in [0.2, 0.25) is 0 Å². The Morgan fingerprint density at radius 2 is 1.67 bits per heavy atom. The van der Waals surface area contributed by atoms with Gasteiger partial charge in [-0.3, -0.25) is 0 Å². The number of halogens is 5. The molecular weight excluding hydrogens is 383 g/mol. The highest BCUT2D eigenvalue weighted by molar-refractivity contribution is 8.00. The van der Waals surface area contributed by atoms with Gasteiger partial charge in [-0.15, -0.1) is 11.8 Å². The zero-order chi connectivity index (χ0) is 19.2. The van der Waals surface area contributed by atoms with Gasteiger partial charge in [-0.25, -0.2) is 8.78 Å². The van der Waals surface area contributed by atoms with Crippen molar-refractivity contribution in [3.8, 4) is 5.75 Å². The second-order valence-corrected chi connectivity index (χ2v) is 8.40. The maximum absolute atomic E-state index is 14.8. The maximum atomic E-state index is 14.8. The number of rotatable bonds is 2. The highest BCUT2D eigenvalue weighted by Crippen LogP contribution is 2.59. The number of hydrogen-bond donors (Lipinski definition) is 0. The van der Waals surface area contributed by atoms with Crippen molar-refractivity contribution < 1.29 is 26.7 Å². The van der Waals surface area contributed by atoms with E-state index in [2.05, 4.69) is 0 Å². The normalized spacial score (nSPS) is 24.7. The van der Waals surface area contributed by atoms with E-state index < -0.39 is 28.1 Å². The van der Waals surface area contributed by atoms with Gasteiger partial charge in [0, 0.05) is 16.4 Å². The average Bonchev–Trinajstić information content (AvgIpc) is 2.63. The smallest absolute Gasteiger partial charge is 0.416 e. The van der Waals surface area contributed by atoms with Crippen LogP contribution in [0, 0.1) is 17.6 Å². The van der Waals surface area contributed by atoms with Gasteiger partial charge >= 0.3 is 6.18 Å². The Kier molecular flexibility index (Phi) is 4.61. The summed E-state index contributed by atoms with van der Waals surface area (Å²) < 4.78 is 72.4. The molecule has 1 aliphatic heterocycles. The minimum Gasteiger partial charge on any atom is -0.490 e. The van der Waals surface area contributed by atoms with Crippen LogP contribution in [0.4, 0.5) is 22.0 Å². The van der Waals surface area contributed by atoms with Crippen LogP contribution in [0.1, 0.15) is 36.8 Å². The molecule has 0 saturated heterocycles. The number of benzene rings is 2. The first-order valence-electron chi connectivity index (χ1n) is 8.79. The third-order valence-electron chi connectivity index (χ3n) is 5.40. The highest BCUT2D eigenvalue weighted by atomic mass is 32.2. The van der Waals surface area contributed by atoms with Gasteiger partial charge in [0.25, 0.3) is 0 Å². The first-order valence-corrected chi connectivity index (χ1v) is 9.60. The van der Waals surface area contributed by atoms with Gasteiger partial charge < -0.3 is 4.74 Å². The molecule has 1 heterocycles. The predicted molar refractivity (Wildman–Crippen MR) is 92.8 cm³/mol. The molecule has 2 aliphatic rings. The van der Waals surface area contributed by atoms with Crippen LogP contribution >= 0.6 is 11.8 Å². The minimum atomic E-state index is -4.41. The van der Waals surface area contributed by atoms with E-state index >= 15 is 0 Å². The summed E-state index contributed by atoms with van der Waals surface area (Å²) in [7, 11) is 0. The number of thioether (sulfide) groups is 1. The van der Waals surface area contributed by atoms with E-state index in [9.17, 15) is 22.0 Å².